The fourth-order valence-corrected chi connectivity index (χ4v) is 2.41. The number of nitrogens with one attached hydrogen (secondary N) is 1. The molecular weight excluding hydrogens is 222 g/mol. The second-order valence-corrected chi connectivity index (χ2v) is 5.10. The van der Waals surface area contributed by atoms with E-state index in [0.29, 0.717) is 0 Å². The van der Waals surface area contributed by atoms with Crippen molar-refractivity contribution in [1.29, 1.82) is 0 Å². The van der Waals surface area contributed by atoms with E-state index in [1.165, 1.54) is 11.1 Å². The van der Waals surface area contributed by atoms with Crippen LogP contribution < -0.4 is 5.32 Å². The van der Waals surface area contributed by atoms with Crippen LogP contribution in [-0.2, 0) is 17.6 Å². The highest BCUT2D eigenvalue weighted by molar-refractivity contribution is 6.20. The van der Waals surface area contributed by atoms with E-state index < -0.39 is 0 Å². The van der Waals surface area contributed by atoms with Gasteiger partial charge < -0.3 is 5.32 Å². The number of halogens is 1. The second-order valence-electron chi connectivity index (χ2n) is 4.45. The molecule has 0 fully saturated rings. The molecule has 2 atom stereocenters. The number of rotatable bonds is 2. The van der Waals surface area contributed by atoms with Crippen molar-refractivity contribution in [2.75, 3.05) is 0 Å². The number of benzene rings is 1. The van der Waals surface area contributed by atoms with Gasteiger partial charge in [0.15, 0.2) is 0 Å². The average Bonchev–Trinajstić information content (AvgIpc) is 2.56. The van der Waals surface area contributed by atoms with Crippen LogP contribution in [0.2, 0.25) is 0 Å². The molecule has 1 aliphatic rings. The molecule has 0 saturated heterocycles. The van der Waals surface area contributed by atoms with Crippen molar-refractivity contribution >= 4 is 17.5 Å². The third-order valence-corrected chi connectivity index (χ3v) is 3.28. The Morgan fingerprint density at radius 1 is 1.44 bits per heavy atom. The van der Waals surface area contributed by atoms with E-state index in [1.807, 2.05) is 6.92 Å². The zero-order valence-electron chi connectivity index (χ0n) is 9.59. The molecule has 0 radical (unpaired) electrons. The van der Waals surface area contributed by atoms with Gasteiger partial charge in [-0.3, -0.25) is 4.79 Å². The molecule has 3 heteroatoms. The monoisotopic (exact) mass is 237 g/mol. The third kappa shape index (κ3) is 2.38. The van der Waals surface area contributed by atoms with E-state index in [9.17, 15) is 4.79 Å². The van der Waals surface area contributed by atoms with Crippen molar-refractivity contribution in [3.8, 4) is 0 Å². The highest BCUT2D eigenvalue weighted by Crippen LogP contribution is 2.27. The summed E-state index contributed by atoms with van der Waals surface area (Å²) in [5, 5.41) is 3.01. The molecule has 86 valence electrons. The average molecular weight is 238 g/mol. The molecule has 1 aliphatic carbocycles. The van der Waals surface area contributed by atoms with E-state index >= 15 is 0 Å². The SMILES string of the molecule is CC(=O)NC1Cc2ccc(C(C)Cl)cc2C1. The third-order valence-electron chi connectivity index (χ3n) is 3.03. The lowest BCUT2D eigenvalue weighted by Crippen LogP contribution is -2.33. The standard InChI is InChI=1S/C13H16ClNO/c1-8(14)10-3-4-11-6-13(15-9(2)16)7-12(11)5-10/h3-5,8,13H,6-7H2,1-2H3,(H,15,16). The molecule has 1 N–H and O–H groups in total. The Bertz CT molecular complexity index is 414. The Morgan fingerprint density at radius 2 is 2.12 bits per heavy atom. The molecule has 2 rings (SSSR count). The number of carbonyl (C=O) groups is 1. The van der Waals surface area contributed by atoms with Gasteiger partial charge >= 0.3 is 0 Å². The summed E-state index contributed by atoms with van der Waals surface area (Å²) in [4.78, 5) is 11.0. The molecule has 1 aromatic carbocycles. The summed E-state index contributed by atoms with van der Waals surface area (Å²) in [6.07, 6.45) is 1.86. The predicted molar refractivity (Wildman–Crippen MR) is 65.7 cm³/mol. The minimum absolute atomic E-state index is 0.0451. The molecule has 0 spiro atoms. The number of carbonyl (C=O) groups excluding carboxylic acids is 1. The Kier molecular flexibility index (Phi) is 3.20. The van der Waals surface area contributed by atoms with Crippen LogP contribution in [0.5, 0.6) is 0 Å². The lowest BCUT2D eigenvalue weighted by Gasteiger charge is -2.08. The van der Waals surface area contributed by atoms with Crippen LogP contribution in [0.25, 0.3) is 0 Å². The highest BCUT2D eigenvalue weighted by atomic mass is 35.5. The predicted octanol–water partition coefficient (Wildman–Crippen LogP) is 2.59. The van der Waals surface area contributed by atoms with E-state index in [4.69, 9.17) is 11.6 Å². The van der Waals surface area contributed by atoms with Gasteiger partial charge in [0, 0.05) is 13.0 Å². The van der Waals surface area contributed by atoms with Crippen LogP contribution in [0.1, 0.15) is 35.9 Å². The molecule has 0 aliphatic heterocycles. The number of hydrogen-bond donors (Lipinski definition) is 1. The van der Waals surface area contributed by atoms with E-state index in [-0.39, 0.29) is 17.3 Å². The molecule has 16 heavy (non-hydrogen) atoms. The lowest BCUT2D eigenvalue weighted by molar-refractivity contribution is -0.119. The fraction of sp³-hybridized carbons (Fsp3) is 0.462. The largest absolute Gasteiger partial charge is 0.353 e. The highest BCUT2D eigenvalue weighted by Gasteiger charge is 2.22. The summed E-state index contributed by atoms with van der Waals surface area (Å²) in [5.74, 6) is 0.0451. The van der Waals surface area contributed by atoms with Crippen molar-refractivity contribution in [1.82, 2.24) is 5.32 Å². The van der Waals surface area contributed by atoms with Gasteiger partial charge in [-0.1, -0.05) is 18.2 Å². The molecule has 2 unspecified atom stereocenters. The summed E-state index contributed by atoms with van der Waals surface area (Å²) in [7, 11) is 0. The van der Waals surface area contributed by atoms with Crippen LogP contribution in [0, 0.1) is 0 Å². The molecule has 0 aromatic heterocycles. The first-order chi connectivity index (χ1) is 7.56. The first-order valence-electron chi connectivity index (χ1n) is 5.59. The minimum Gasteiger partial charge on any atom is -0.353 e. The molecule has 1 amide bonds. The quantitative estimate of drug-likeness (QED) is 0.788. The summed E-state index contributed by atoms with van der Waals surface area (Å²) in [6, 6.07) is 6.63. The number of amides is 1. The first-order valence-corrected chi connectivity index (χ1v) is 6.03. The fourth-order valence-electron chi connectivity index (χ4n) is 2.28. The smallest absolute Gasteiger partial charge is 0.217 e. The lowest BCUT2D eigenvalue weighted by atomic mass is 10.0. The Balaban J connectivity index is 2.15. The van der Waals surface area contributed by atoms with Gasteiger partial charge in [-0.05, 0) is 36.5 Å². The van der Waals surface area contributed by atoms with Gasteiger partial charge in [0.2, 0.25) is 5.91 Å². The first kappa shape index (κ1) is 11.5. The summed E-state index contributed by atoms with van der Waals surface area (Å²) < 4.78 is 0. The Labute approximate surface area is 101 Å². The zero-order chi connectivity index (χ0) is 11.7. The topological polar surface area (TPSA) is 29.1 Å². The van der Waals surface area contributed by atoms with Crippen LogP contribution in [0.3, 0.4) is 0 Å². The maximum atomic E-state index is 11.0. The van der Waals surface area contributed by atoms with Crippen molar-refractivity contribution in [2.24, 2.45) is 0 Å². The number of hydrogen-bond acceptors (Lipinski definition) is 1. The normalized spacial score (nSPS) is 20.3. The maximum Gasteiger partial charge on any atom is 0.217 e. The van der Waals surface area contributed by atoms with Gasteiger partial charge in [0.25, 0.3) is 0 Å². The zero-order valence-corrected chi connectivity index (χ0v) is 10.3. The van der Waals surface area contributed by atoms with Crippen LogP contribution >= 0.6 is 11.6 Å². The minimum atomic E-state index is 0.0451. The molecular formula is C13H16ClNO. The second kappa shape index (κ2) is 4.46. The maximum absolute atomic E-state index is 11.0. The van der Waals surface area contributed by atoms with Crippen LogP contribution in [0.15, 0.2) is 18.2 Å². The molecule has 0 saturated carbocycles. The van der Waals surface area contributed by atoms with E-state index in [0.717, 1.165) is 18.4 Å². The molecule has 1 aromatic rings. The van der Waals surface area contributed by atoms with Gasteiger partial charge in [-0.2, -0.15) is 0 Å². The molecule has 2 nitrogen and oxygen atoms in total. The van der Waals surface area contributed by atoms with Crippen molar-refractivity contribution in [3.05, 3.63) is 34.9 Å². The van der Waals surface area contributed by atoms with Crippen molar-refractivity contribution < 1.29 is 4.79 Å². The van der Waals surface area contributed by atoms with Gasteiger partial charge in [-0.25, -0.2) is 0 Å². The van der Waals surface area contributed by atoms with E-state index in [1.54, 1.807) is 6.92 Å². The Morgan fingerprint density at radius 3 is 2.75 bits per heavy atom. The van der Waals surface area contributed by atoms with E-state index in [2.05, 4.69) is 23.5 Å². The van der Waals surface area contributed by atoms with Gasteiger partial charge in [0.1, 0.15) is 0 Å². The van der Waals surface area contributed by atoms with Crippen LogP contribution in [0.4, 0.5) is 0 Å². The van der Waals surface area contributed by atoms with Gasteiger partial charge in [-0.15, -0.1) is 11.6 Å². The van der Waals surface area contributed by atoms with Crippen molar-refractivity contribution in [3.63, 3.8) is 0 Å². The summed E-state index contributed by atoms with van der Waals surface area (Å²) >= 11 is 6.06. The number of alkyl halides is 1. The number of fused-ring (bicyclic) bond motifs is 1. The molecule has 0 bridgehead atoms. The molecule has 0 heterocycles. The van der Waals surface area contributed by atoms with Gasteiger partial charge in [0.05, 0.1) is 5.38 Å². The van der Waals surface area contributed by atoms with Crippen molar-refractivity contribution in [2.45, 2.75) is 38.1 Å². The summed E-state index contributed by atoms with van der Waals surface area (Å²) in [6.45, 7) is 3.54. The summed E-state index contributed by atoms with van der Waals surface area (Å²) in [5.41, 5.74) is 3.81. The van der Waals surface area contributed by atoms with Crippen LogP contribution in [-0.4, -0.2) is 11.9 Å². The Hall–Kier alpha value is -1.02.